The molecule has 0 atom stereocenters. The largest absolute Gasteiger partial charge is 0.490 e. The summed E-state index contributed by atoms with van der Waals surface area (Å²) in [5, 5.41) is 2.44. The molecular weight excluding hydrogens is 288 g/mol. The Morgan fingerprint density at radius 3 is 2.59 bits per heavy atom. The van der Waals surface area contributed by atoms with Crippen molar-refractivity contribution in [3.05, 3.63) is 23.8 Å². The molecule has 1 aromatic carbocycles. The predicted octanol–water partition coefficient (Wildman–Crippen LogP) is 0.481. The third kappa shape index (κ3) is 5.08. The number of carbonyl (C=O) groups is 3. The molecule has 0 aliphatic heterocycles. The highest BCUT2D eigenvalue weighted by atomic mass is 16.5. The number of aldehydes is 1. The van der Waals surface area contributed by atoms with Crippen LogP contribution in [0.4, 0.5) is 0 Å². The molecule has 0 fully saturated rings. The van der Waals surface area contributed by atoms with Gasteiger partial charge in [0, 0.05) is 19.7 Å². The second kappa shape index (κ2) is 8.66. The highest BCUT2D eigenvalue weighted by Crippen LogP contribution is 2.28. The van der Waals surface area contributed by atoms with Crippen molar-refractivity contribution in [3.63, 3.8) is 0 Å². The molecule has 1 N–H and O–H groups in total. The number of ether oxygens (including phenoxy) is 2. The molecule has 0 unspecified atom stereocenters. The lowest BCUT2D eigenvalue weighted by Gasteiger charge is -2.17. The molecule has 0 saturated carbocycles. The van der Waals surface area contributed by atoms with E-state index in [4.69, 9.17) is 9.47 Å². The normalized spacial score (nSPS) is 9.77. The lowest BCUT2D eigenvalue weighted by molar-refractivity contribution is -0.136. The van der Waals surface area contributed by atoms with Gasteiger partial charge in [-0.25, -0.2) is 0 Å². The molecule has 0 radical (unpaired) electrons. The van der Waals surface area contributed by atoms with Crippen LogP contribution in [0.1, 0.15) is 17.3 Å². The van der Waals surface area contributed by atoms with Gasteiger partial charge in [0.15, 0.2) is 18.1 Å². The highest BCUT2D eigenvalue weighted by Gasteiger charge is 2.14. The lowest BCUT2D eigenvalue weighted by atomic mass is 10.2. The van der Waals surface area contributed by atoms with Gasteiger partial charge in [-0.05, 0) is 25.1 Å². The van der Waals surface area contributed by atoms with Crippen molar-refractivity contribution < 1.29 is 23.9 Å². The van der Waals surface area contributed by atoms with E-state index in [1.807, 2.05) is 0 Å². The predicted molar refractivity (Wildman–Crippen MR) is 80.2 cm³/mol. The molecule has 0 saturated heterocycles. The third-order valence-corrected chi connectivity index (χ3v) is 2.84. The first-order valence-electron chi connectivity index (χ1n) is 6.81. The van der Waals surface area contributed by atoms with Crippen LogP contribution in [0.2, 0.25) is 0 Å². The van der Waals surface area contributed by atoms with Crippen LogP contribution in [0.3, 0.4) is 0 Å². The fraction of sp³-hybridized carbons (Fsp3) is 0.400. The molecule has 0 spiro atoms. The topological polar surface area (TPSA) is 84.9 Å². The number of nitrogens with one attached hydrogen (secondary N) is 1. The maximum absolute atomic E-state index is 11.9. The molecule has 1 aromatic rings. The van der Waals surface area contributed by atoms with Gasteiger partial charge < -0.3 is 19.7 Å². The molecule has 7 nitrogen and oxygen atoms in total. The van der Waals surface area contributed by atoms with Crippen molar-refractivity contribution in [2.45, 2.75) is 6.92 Å². The highest BCUT2D eigenvalue weighted by molar-refractivity contribution is 5.85. The first-order chi connectivity index (χ1) is 10.5. The summed E-state index contributed by atoms with van der Waals surface area (Å²) in [6.07, 6.45) is 0.703. The minimum Gasteiger partial charge on any atom is -0.490 e. The maximum Gasteiger partial charge on any atom is 0.260 e. The number of rotatable bonds is 8. The standard InChI is InChI=1S/C15H20N2O5/c1-4-21-13-7-11(9-18)5-6-12(13)22-10-15(20)17(3)8-14(19)16-2/h5-7,9H,4,8,10H2,1-3H3,(H,16,19). The van der Waals surface area contributed by atoms with E-state index in [1.54, 1.807) is 25.1 Å². The van der Waals surface area contributed by atoms with Crippen molar-refractivity contribution >= 4 is 18.1 Å². The average molecular weight is 308 g/mol. The van der Waals surface area contributed by atoms with E-state index in [1.165, 1.54) is 19.0 Å². The zero-order valence-electron chi connectivity index (χ0n) is 12.9. The van der Waals surface area contributed by atoms with Crippen LogP contribution in [0.5, 0.6) is 11.5 Å². The van der Waals surface area contributed by atoms with Crippen molar-refractivity contribution in [2.75, 3.05) is 33.9 Å². The number of likely N-dealkylation sites (N-methyl/N-ethyl adjacent to an activating group) is 2. The molecular formula is C15H20N2O5. The first-order valence-corrected chi connectivity index (χ1v) is 6.81. The lowest BCUT2D eigenvalue weighted by Crippen LogP contribution is -2.39. The molecule has 1 rings (SSSR count). The van der Waals surface area contributed by atoms with Crippen LogP contribution < -0.4 is 14.8 Å². The van der Waals surface area contributed by atoms with E-state index in [0.717, 1.165) is 0 Å². The molecule has 0 bridgehead atoms. The Balaban J connectivity index is 2.68. The van der Waals surface area contributed by atoms with Crippen LogP contribution >= 0.6 is 0 Å². The van der Waals surface area contributed by atoms with Crippen molar-refractivity contribution in [2.24, 2.45) is 0 Å². The van der Waals surface area contributed by atoms with Crippen LogP contribution in [0, 0.1) is 0 Å². The monoisotopic (exact) mass is 308 g/mol. The smallest absolute Gasteiger partial charge is 0.260 e. The minimum atomic E-state index is -0.342. The summed E-state index contributed by atoms with van der Waals surface area (Å²) in [6, 6.07) is 4.69. The van der Waals surface area contributed by atoms with Gasteiger partial charge in [0.2, 0.25) is 5.91 Å². The summed E-state index contributed by atoms with van der Waals surface area (Å²) in [5.74, 6) is 0.162. The van der Waals surface area contributed by atoms with E-state index in [0.29, 0.717) is 30.0 Å². The summed E-state index contributed by atoms with van der Waals surface area (Å²) >= 11 is 0. The molecule has 22 heavy (non-hydrogen) atoms. The number of hydrogen-bond acceptors (Lipinski definition) is 5. The van der Waals surface area contributed by atoms with Crippen LogP contribution in [-0.4, -0.2) is 56.9 Å². The Hall–Kier alpha value is -2.57. The summed E-state index contributed by atoms with van der Waals surface area (Å²) < 4.78 is 10.8. The van der Waals surface area contributed by atoms with Crippen molar-refractivity contribution in [3.8, 4) is 11.5 Å². The van der Waals surface area contributed by atoms with Gasteiger partial charge in [0.25, 0.3) is 5.91 Å². The summed E-state index contributed by atoms with van der Waals surface area (Å²) in [7, 11) is 3.01. The zero-order chi connectivity index (χ0) is 16.5. The summed E-state index contributed by atoms with van der Waals surface area (Å²) in [6.45, 7) is 1.94. The Morgan fingerprint density at radius 2 is 2.00 bits per heavy atom. The van der Waals surface area contributed by atoms with E-state index in [-0.39, 0.29) is 25.0 Å². The maximum atomic E-state index is 11.9. The van der Waals surface area contributed by atoms with Crippen LogP contribution in [-0.2, 0) is 9.59 Å². The van der Waals surface area contributed by atoms with Gasteiger partial charge in [0.1, 0.15) is 6.29 Å². The number of benzene rings is 1. The Morgan fingerprint density at radius 1 is 1.27 bits per heavy atom. The number of carbonyl (C=O) groups excluding carboxylic acids is 3. The van der Waals surface area contributed by atoms with Gasteiger partial charge in [0.05, 0.1) is 13.2 Å². The van der Waals surface area contributed by atoms with E-state index in [2.05, 4.69) is 5.32 Å². The second-order valence-corrected chi connectivity index (χ2v) is 4.47. The van der Waals surface area contributed by atoms with Gasteiger partial charge in [-0.2, -0.15) is 0 Å². The molecule has 2 amide bonds. The fourth-order valence-corrected chi connectivity index (χ4v) is 1.62. The first kappa shape index (κ1) is 17.5. The molecule has 0 heterocycles. The number of hydrogen-bond donors (Lipinski definition) is 1. The van der Waals surface area contributed by atoms with Gasteiger partial charge >= 0.3 is 0 Å². The molecule has 0 aromatic heterocycles. The van der Waals surface area contributed by atoms with E-state index in [9.17, 15) is 14.4 Å². The Labute approximate surface area is 129 Å². The minimum absolute atomic E-state index is 0.0406. The molecule has 120 valence electrons. The second-order valence-electron chi connectivity index (χ2n) is 4.47. The Kier molecular flexibility index (Phi) is 6.88. The van der Waals surface area contributed by atoms with Crippen molar-refractivity contribution in [1.29, 1.82) is 0 Å². The van der Waals surface area contributed by atoms with Gasteiger partial charge in [-0.1, -0.05) is 0 Å². The van der Waals surface area contributed by atoms with Crippen LogP contribution in [0.15, 0.2) is 18.2 Å². The SMILES string of the molecule is CCOc1cc(C=O)ccc1OCC(=O)N(C)CC(=O)NC. The quantitative estimate of drug-likeness (QED) is 0.706. The summed E-state index contributed by atoms with van der Waals surface area (Å²) in [5.41, 5.74) is 0.457. The van der Waals surface area contributed by atoms with Crippen molar-refractivity contribution in [1.82, 2.24) is 10.2 Å². The molecule has 0 aliphatic carbocycles. The average Bonchev–Trinajstić information content (AvgIpc) is 2.53. The summed E-state index contributed by atoms with van der Waals surface area (Å²) in [4.78, 5) is 35.1. The number of nitrogens with zero attached hydrogens (tertiary/aromatic N) is 1. The molecule has 0 aliphatic rings. The molecule has 7 heteroatoms. The Bertz CT molecular complexity index is 545. The van der Waals surface area contributed by atoms with Gasteiger partial charge in [-0.3, -0.25) is 14.4 Å². The van der Waals surface area contributed by atoms with E-state index >= 15 is 0 Å². The number of amides is 2. The fourth-order valence-electron chi connectivity index (χ4n) is 1.62. The van der Waals surface area contributed by atoms with E-state index < -0.39 is 0 Å². The van der Waals surface area contributed by atoms with Gasteiger partial charge in [-0.15, -0.1) is 0 Å². The zero-order valence-corrected chi connectivity index (χ0v) is 12.9. The van der Waals surface area contributed by atoms with Crippen LogP contribution in [0.25, 0.3) is 0 Å². The third-order valence-electron chi connectivity index (χ3n) is 2.84.